The van der Waals surface area contributed by atoms with Crippen LogP contribution in [-0.4, -0.2) is 15.6 Å². The van der Waals surface area contributed by atoms with Crippen LogP contribution in [0.25, 0.3) is 0 Å². The summed E-state index contributed by atoms with van der Waals surface area (Å²) >= 11 is 0. The van der Waals surface area contributed by atoms with E-state index in [1.54, 1.807) is 0 Å². The summed E-state index contributed by atoms with van der Waals surface area (Å²) in [5, 5.41) is 0. The highest BCUT2D eigenvalue weighted by Gasteiger charge is 2.08. The summed E-state index contributed by atoms with van der Waals surface area (Å²) in [7, 11) is -0.869. The van der Waals surface area contributed by atoms with Crippen molar-refractivity contribution in [3.8, 4) is 0 Å². The molecule has 0 rings (SSSR count). The van der Waals surface area contributed by atoms with E-state index in [9.17, 15) is 0 Å². The Balaban J connectivity index is 3.06. The Hall–Kier alpha value is 0.137. The molecule has 0 amide bonds. The topological polar surface area (TPSA) is 21.3 Å². The lowest BCUT2D eigenvalue weighted by Gasteiger charge is -2.17. The summed E-state index contributed by atoms with van der Waals surface area (Å²) in [4.78, 5) is 0. The molecule has 92 valence electrons. The number of hydrogen-bond acceptors (Lipinski definition) is 2. The van der Waals surface area contributed by atoms with Gasteiger partial charge in [-0.05, 0) is 31.4 Å². The molecule has 0 aromatic rings. The van der Waals surface area contributed by atoms with Crippen LogP contribution in [0.15, 0.2) is 0 Å². The molecule has 0 aromatic heterocycles. The minimum Gasteiger partial charge on any atom is -0.350 e. The van der Waals surface area contributed by atoms with E-state index in [-0.39, 0.29) is 0 Å². The number of hydroxylamine groups is 1. The molecular weight excluding hydrogens is 202 g/mol. The van der Waals surface area contributed by atoms with Gasteiger partial charge in [0, 0.05) is 6.54 Å². The van der Waals surface area contributed by atoms with Crippen LogP contribution in [0, 0.1) is 5.41 Å². The largest absolute Gasteiger partial charge is 0.350 e. The molecule has 0 saturated heterocycles. The first kappa shape index (κ1) is 15.1. The average Bonchev–Trinajstić information content (AvgIpc) is 2.07. The van der Waals surface area contributed by atoms with Gasteiger partial charge < -0.3 is 4.53 Å². The van der Waals surface area contributed by atoms with Crippen LogP contribution in [0.2, 0.25) is 13.1 Å². The van der Waals surface area contributed by atoms with E-state index >= 15 is 0 Å². The lowest BCUT2D eigenvalue weighted by Crippen LogP contribution is -2.23. The Labute approximate surface area is 97.5 Å². The second-order valence-corrected chi connectivity index (χ2v) is 8.12. The zero-order valence-electron chi connectivity index (χ0n) is 11.2. The number of hydrogen-bond donors (Lipinski definition) is 1. The molecule has 1 N–H and O–H groups in total. The fourth-order valence-corrected chi connectivity index (χ4v) is 1.88. The third-order valence-electron chi connectivity index (χ3n) is 2.27. The van der Waals surface area contributed by atoms with E-state index in [1.807, 2.05) is 0 Å². The minimum absolute atomic E-state index is 0.505. The minimum atomic E-state index is -0.869. The Bertz CT molecular complexity index is 143. The second kappa shape index (κ2) is 8.31. The number of nitrogens with one attached hydrogen (secondary N) is 1. The summed E-state index contributed by atoms with van der Waals surface area (Å²) in [6.07, 6.45) is 6.63. The Morgan fingerprint density at radius 1 is 1.00 bits per heavy atom. The lowest BCUT2D eigenvalue weighted by molar-refractivity contribution is 0.196. The molecule has 0 aliphatic rings. The lowest BCUT2D eigenvalue weighted by atomic mass is 9.89. The highest BCUT2D eigenvalue weighted by Crippen LogP contribution is 2.22. The van der Waals surface area contributed by atoms with E-state index in [4.69, 9.17) is 4.53 Å². The molecule has 2 nitrogen and oxygen atoms in total. The summed E-state index contributed by atoms with van der Waals surface area (Å²) in [6.45, 7) is 12.3. The van der Waals surface area contributed by atoms with Crippen LogP contribution in [0.3, 0.4) is 0 Å². The van der Waals surface area contributed by atoms with E-state index in [0.717, 1.165) is 6.54 Å². The maximum Gasteiger partial charge on any atom is 0.199 e. The van der Waals surface area contributed by atoms with Gasteiger partial charge in [-0.15, -0.1) is 0 Å². The Morgan fingerprint density at radius 3 is 2.13 bits per heavy atom. The van der Waals surface area contributed by atoms with Gasteiger partial charge in [0.25, 0.3) is 0 Å². The van der Waals surface area contributed by atoms with Crippen LogP contribution in [0.4, 0.5) is 0 Å². The fraction of sp³-hybridized carbons (Fsp3) is 1.00. The monoisotopic (exact) mass is 231 g/mol. The molecule has 15 heavy (non-hydrogen) atoms. The van der Waals surface area contributed by atoms with Gasteiger partial charge >= 0.3 is 0 Å². The fourth-order valence-electron chi connectivity index (χ4n) is 1.43. The van der Waals surface area contributed by atoms with Crippen LogP contribution in [0.5, 0.6) is 0 Å². The third-order valence-corrected chi connectivity index (χ3v) is 2.91. The molecule has 0 bridgehead atoms. The quantitative estimate of drug-likeness (QED) is 0.392. The van der Waals surface area contributed by atoms with Crippen molar-refractivity contribution >= 4 is 9.04 Å². The SMILES string of the molecule is C[SiH](C)ONCCCCCCC(C)(C)C. The first-order valence-corrected chi connectivity index (χ1v) is 9.08. The van der Waals surface area contributed by atoms with Gasteiger partial charge in [-0.2, -0.15) is 0 Å². The average molecular weight is 231 g/mol. The van der Waals surface area contributed by atoms with Gasteiger partial charge in [-0.25, -0.2) is 5.48 Å². The van der Waals surface area contributed by atoms with Crippen molar-refractivity contribution in [2.45, 2.75) is 66.0 Å². The summed E-state index contributed by atoms with van der Waals surface area (Å²) in [5.74, 6) is 0. The summed E-state index contributed by atoms with van der Waals surface area (Å²) in [6, 6.07) is 0. The number of rotatable bonds is 8. The first-order chi connectivity index (χ1) is 6.92. The predicted octanol–water partition coefficient (Wildman–Crippen LogP) is 3.49. The maximum absolute atomic E-state index is 5.39. The third kappa shape index (κ3) is 14.1. The highest BCUT2D eigenvalue weighted by molar-refractivity contribution is 6.48. The maximum atomic E-state index is 5.39. The summed E-state index contributed by atoms with van der Waals surface area (Å²) in [5.41, 5.74) is 3.56. The van der Waals surface area contributed by atoms with Crippen molar-refractivity contribution in [2.24, 2.45) is 5.41 Å². The smallest absolute Gasteiger partial charge is 0.199 e. The molecule has 0 radical (unpaired) electrons. The molecule has 3 heteroatoms. The Kier molecular flexibility index (Phi) is 8.38. The van der Waals surface area contributed by atoms with Crippen molar-refractivity contribution in [1.82, 2.24) is 5.48 Å². The van der Waals surface area contributed by atoms with E-state index in [0.29, 0.717) is 5.41 Å². The van der Waals surface area contributed by atoms with Gasteiger partial charge in [0.1, 0.15) is 0 Å². The number of unbranched alkanes of at least 4 members (excludes halogenated alkanes) is 3. The zero-order valence-corrected chi connectivity index (χ0v) is 12.4. The molecule has 0 fully saturated rings. The van der Waals surface area contributed by atoms with Gasteiger partial charge in [-0.1, -0.05) is 40.0 Å². The van der Waals surface area contributed by atoms with Gasteiger partial charge in [-0.3, -0.25) is 0 Å². The van der Waals surface area contributed by atoms with E-state index in [1.165, 1.54) is 32.1 Å². The van der Waals surface area contributed by atoms with Crippen LogP contribution < -0.4 is 5.48 Å². The summed E-state index contributed by atoms with van der Waals surface area (Å²) < 4.78 is 5.39. The Morgan fingerprint density at radius 2 is 1.60 bits per heavy atom. The second-order valence-electron chi connectivity index (χ2n) is 5.79. The first-order valence-electron chi connectivity index (χ1n) is 6.30. The predicted molar refractivity (Wildman–Crippen MR) is 70.5 cm³/mol. The van der Waals surface area contributed by atoms with E-state index in [2.05, 4.69) is 39.3 Å². The zero-order chi connectivity index (χ0) is 11.7. The van der Waals surface area contributed by atoms with Crippen molar-refractivity contribution in [3.63, 3.8) is 0 Å². The molecule has 0 heterocycles. The van der Waals surface area contributed by atoms with E-state index < -0.39 is 9.04 Å². The molecule has 0 atom stereocenters. The van der Waals surface area contributed by atoms with Crippen LogP contribution >= 0.6 is 0 Å². The molecular formula is C12H29NOSi. The van der Waals surface area contributed by atoms with Crippen molar-refractivity contribution in [1.29, 1.82) is 0 Å². The molecule has 0 unspecified atom stereocenters. The molecule has 0 aromatic carbocycles. The van der Waals surface area contributed by atoms with Crippen molar-refractivity contribution in [3.05, 3.63) is 0 Å². The normalized spacial score (nSPS) is 12.4. The highest BCUT2D eigenvalue weighted by atomic mass is 28.3. The van der Waals surface area contributed by atoms with Crippen LogP contribution in [0.1, 0.15) is 52.9 Å². The molecule has 0 aliphatic carbocycles. The van der Waals surface area contributed by atoms with Gasteiger partial charge in [0.05, 0.1) is 0 Å². The standard InChI is InChI=1S/C12H29NOSi/c1-12(2,3)10-8-6-7-9-11-13-14-15(4)5/h13,15H,6-11H2,1-5H3. The van der Waals surface area contributed by atoms with Crippen LogP contribution in [-0.2, 0) is 4.53 Å². The van der Waals surface area contributed by atoms with Crippen molar-refractivity contribution < 1.29 is 4.53 Å². The molecule has 0 saturated carbocycles. The molecule has 0 spiro atoms. The van der Waals surface area contributed by atoms with Gasteiger partial charge in [0.15, 0.2) is 9.04 Å². The van der Waals surface area contributed by atoms with Crippen molar-refractivity contribution in [2.75, 3.05) is 6.54 Å². The molecule has 0 aliphatic heterocycles. The van der Waals surface area contributed by atoms with Gasteiger partial charge in [0.2, 0.25) is 0 Å².